The Labute approximate surface area is 153 Å². The van der Waals surface area contributed by atoms with Crippen LogP contribution in [0.5, 0.6) is 11.5 Å². The number of nitrogens with one attached hydrogen (secondary N) is 2. The first kappa shape index (κ1) is 18.5. The van der Waals surface area contributed by atoms with Crippen LogP contribution in [0.4, 0.5) is 24.5 Å². The molecule has 1 aliphatic heterocycles. The molecule has 0 aromatic heterocycles. The summed E-state index contributed by atoms with van der Waals surface area (Å²) < 4.78 is 46.3. The van der Waals surface area contributed by atoms with E-state index in [-0.39, 0.29) is 18.0 Å². The molecule has 0 spiro atoms. The maximum absolute atomic E-state index is 12.5. The average Bonchev–Trinajstić information content (AvgIpc) is 2.61. The second-order valence-corrected chi connectivity index (χ2v) is 5.88. The van der Waals surface area contributed by atoms with Crippen molar-refractivity contribution in [3.8, 4) is 23.8 Å². The highest BCUT2D eigenvalue weighted by Crippen LogP contribution is 2.34. The Bertz CT molecular complexity index is 919. The largest absolute Gasteiger partial charge is 0.573 e. The number of carbonyl (C=O) groups excluding carboxylic acids is 1. The Morgan fingerprint density at radius 1 is 1.33 bits per heavy atom. The predicted octanol–water partition coefficient (Wildman–Crippen LogP) is 3.69. The number of benzene rings is 2. The number of anilines is 2. The molecule has 0 saturated heterocycles. The number of hydrogen-bond donors (Lipinski definition) is 2. The van der Waals surface area contributed by atoms with Gasteiger partial charge in [-0.1, -0.05) is 12.0 Å². The zero-order valence-electron chi connectivity index (χ0n) is 14.2. The van der Waals surface area contributed by atoms with Crippen LogP contribution in [0.15, 0.2) is 36.4 Å². The SMILES string of the molecule is C#Cc1cc(C)ccc1NC(=O)C1CNc2cc(OC(F)(F)F)ccc2O1. The standard InChI is InChI=1S/C19H15F3N2O3/c1-3-12-8-11(2)4-6-14(12)24-18(25)17-10-23-15-9-13(27-19(20,21)22)5-7-16(15)26-17/h1,4-9,17,23H,10H2,2H3,(H,24,25). The third kappa shape index (κ3) is 4.44. The third-order valence-corrected chi connectivity index (χ3v) is 3.81. The van der Waals surface area contributed by atoms with Gasteiger partial charge in [-0.3, -0.25) is 4.79 Å². The number of hydrogen-bond acceptors (Lipinski definition) is 4. The fourth-order valence-electron chi connectivity index (χ4n) is 2.59. The maximum Gasteiger partial charge on any atom is 0.573 e. The number of fused-ring (bicyclic) bond motifs is 1. The molecule has 2 aromatic carbocycles. The van der Waals surface area contributed by atoms with Crippen molar-refractivity contribution >= 4 is 17.3 Å². The van der Waals surface area contributed by atoms with Crippen molar-refractivity contribution in [2.75, 3.05) is 17.2 Å². The Kier molecular flexibility index (Phi) is 4.86. The molecule has 0 saturated carbocycles. The third-order valence-electron chi connectivity index (χ3n) is 3.81. The lowest BCUT2D eigenvalue weighted by Gasteiger charge is -2.27. The molecule has 1 heterocycles. The zero-order chi connectivity index (χ0) is 19.6. The molecule has 0 bridgehead atoms. The molecule has 1 amide bonds. The first-order valence-electron chi connectivity index (χ1n) is 7.93. The molecule has 2 aromatic rings. The van der Waals surface area contributed by atoms with Gasteiger partial charge >= 0.3 is 6.36 Å². The van der Waals surface area contributed by atoms with E-state index in [2.05, 4.69) is 21.3 Å². The van der Waals surface area contributed by atoms with Crippen LogP contribution >= 0.6 is 0 Å². The Morgan fingerprint density at radius 3 is 2.81 bits per heavy atom. The van der Waals surface area contributed by atoms with Gasteiger partial charge in [-0.25, -0.2) is 0 Å². The van der Waals surface area contributed by atoms with E-state index in [1.54, 1.807) is 12.1 Å². The molecule has 1 atom stereocenters. The van der Waals surface area contributed by atoms with Crippen LogP contribution < -0.4 is 20.1 Å². The molecule has 3 rings (SSSR count). The van der Waals surface area contributed by atoms with Crippen molar-refractivity contribution in [3.05, 3.63) is 47.5 Å². The van der Waals surface area contributed by atoms with Gasteiger partial charge in [-0.05, 0) is 36.8 Å². The number of terminal acetylenes is 1. The van der Waals surface area contributed by atoms with Crippen LogP contribution in [0, 0.1) is 19.3 Å². The first-order chi connectivity index (χ1) is 12.7. The van der Waals surface area contributed by atoms with Crippen LogP contribution in [0.1, 0.15) is 11.1 Å². The summed E-state index contributed by atoms with van der Waals surface area (Å²) in [5.74, 6) is 1.95. The van der Waals surface area contributed by atoms with Gasteiger partial charge in [0, 0.05) is 11.6 Å². The fraction of sp³-hybridized carbons (Fsp3) is 0.211. The molecule has 1 unspecified atom stereocenters. The molecule has 8 heteroatoms. The van der Waals surface area contributed by atoms with E-state index in [0.29, 0.717) is 16.9 Å². The van der Waals surface area contributed by atoms with Gasteiger partial charge in [0.05, 0.1) is 17.9 Å². The van der Waals surface area contributed by atoms with E-state index in [1.807, 2.05) is 13.0 Å². The van der Waals surface area contributed by atoms with E-state index in [4.69, 9.17) is 11.2 Å². The highest BCUT2D eigenvalue weighted by molar-refractivity contribution is 5.96. The quantitative estimate of drug-likeness (QED) is 0.803. The Morgan fingerprint density at radius 2 is 2.11 bits per heavy atom. The van der Waals surface area contributed by atoms with E-state index in [0.717, 1.165) is 17.7 Å². The molecular weight excluding hydrogens is 361 g/mol. The number of alkyl halides is 3. The van der Waals surface area contributed by atoms with Crippen molar-refractivity contribution < 1.29 is 27.4 Å². The van der Waals surface area contributed by atoms with Crippen molar-refractivity contribution in [3.63, 3.8) is 0 Å². The van der Waals surface area contributed by atoms with E-state index in [9.17, 15) is 18.0 Å². The Balaban J connectivity index is 1.71. The summed E-state index contributed by atoms with van der Waals surface area (Å²) in [5, 5.41) is 5.58. The number of carbonyl (C=O) groups is 1. The number of rotatable bonds is 3. The van der Waals surface area contributed by atoms with Gasteiger partial charge in [-0.2, -0.15) is 0 Å². The molecule has 0 fully saturated rings. The normalized spacial score (nSPS) is 15.6. The smallest absolute Gasteiger partial charge is 0.477 e. The predicted molar refractivity (Wildman–Crippen MR) is 93.8 cm³/mol. The number of amides is 1. The molecule has 140 valence electrons. The lowest BCUT2D eigenvalue weighted by atomic mass is 10.1. The minimum absolute atomic E-state index is 0.0750. The van der Waals surface area contributed by atoms with E-state index >= 15 is 0 Å². The number of aryl methyl sites for hydroxylation is 1. The summed E-state index contributed by atoms with van der Waals surface area (Å²) in [6.45, 7) is 1.96. The van der Waals surface area contributed by atoms with Gasteiger partial charge in [0.15, 0.2) is 6.10 Å². The zero-order valence-corrected chi connectivity index (χ0v) is 14.2. The van der Waals surface area contributed by atoms with Crippen molar-refractivity contribution in [1.82, 2.24) is 0 Å². The summed E-state index contributed by atoms with van der Waals surface area (Å²) in [6.07, 6.45) is -0.201. The van der Waals surface area contributed by atoms with Crippen molar-refractivity contribution in [1.29, 1.82) is 0 Å². The minimum atomic E-state index is -4.78. The maximum atomic E-state index is 12.5. The number of ether oxygens (including phenoxy) is 2. The van der Waals surface area contributed by atoms with Gasteiger partial charge in [0.2, 0.25) is 0 Å². The summed E-state index contributed by atoms with van der Waals surface area (Å²) in [4.78, 5) is 12.5. The number of halogens is 3. The molecule has 2 N–H and O–H groups in total. The lowest BCUT2D eigenvalue weighted by molar-refractivity contribution is -0.274. The average molecular weight is 376 g/mol. The summed E-state index contributed by atoms with van der Waals surface area (Å²) in [7, 11) is 0. The Hall–Kier alpha value is -3.34. The van der Waals surface area contributed by atoms with Crippen LogP contribution in [0.2, 0.25) is 0 Å². The van der Waals surface area contributed by atoms with Gasteiger partial charge in [0.25, 0.3) is 5.91 Å². The topological polar surface area (TPSA) is 59.6 Å². The van der Waals surface area contributed by atoms with Crippen molar-refractivity contribution in [2.45, 2.75) is 19.4 Å². The van der Waals surface area contributed by atoms with Crippen LogP contribution in [0.3, 0.4) is 0 Å². The van der Waals surface area contributed by atoms with Gasteiger partial charge < -0.3 is 20.1 Å². The molecule has 27 heavy (non-hydrogen) atoms. The fourth-order valence-corrected chi connectivity index (χ4v) is 2.59. The molecule has 0 radical (unpaired) electrons. The minimum Gasteiger partial charge on any atom is -0.477 e. The van der Waals surface area contributed by atoms with Gasteiger partial charge in [-0.15, -0.1) is 19.6 Å². The highest BCUT2D eigenvalue weighted by Gasteiger charge is 2.32. The second-order valence-electron chi connectivity index (χ2n) is 5.88. The van der Waals surface area contributed by atoms with E-state index in [1.165, 1.54) is 6.07 Å². The monoisotopic (exact) mass is 376 g/mol. The van der Waals surface area contributed by atoms with Crippen molar-refractivity contribution in [2.24, 2.45) is 0 Å². The van der Waals surface area contributed by atoms with E-state index < -0.39 is 18.4 Å². The van der Waals surface area contributed by atoms with Gasteiger partial charge in [0.1, 0.15) is 11.5 Å². The summed E-state index contributed by atoms with van der Waals surface area (Å²) >= 11 is 0. The second kappa shape index (κ2) is 7.11. The van der Waals surface area contributed by atoms with Crippen LogP contribution in [0.25, 0.3) is 0 Å². The molecule has 1 aliphatic rings. The summed E-state index contributed by atoms with van der Waals surface area (Å²) in [6, 6.07) is 8.87. The lowest BCUT2D eigenvalue weighted by Crippen LogP contribution is -2.41. The highest BCUT2D eigenvalue weighted by atomic mass is 19.4. The molecular formula is C19H15F3N2O3. The molecule has 0 aliphatic carbocycles. The van der Waals surface area contributed by atoms with Crippen LogP contribution in [-0.2, 0) is 4.79 Å². The molecule has 5 nitrogen and oxygen atoms in total. The summed E-state index contributed by atoms with van der Waals surface area (Å²) in [5.41, 5.74) is 2.29. The first-order valence-corrected chi connectivity index (χ1v) is 7.93. The van der Waals surface area contributed by atoms with Crippen LogP contribution in [-0.4, -0.2) is 24.9 Å².